The molecule has 3 heterocycles. The lowest BCUT2D eigenvalue weighted by molar-refractivity contribution is -0.384. The average Bonchev–Trinajstić information content (AvgIpc) is 3.36. The number of hydrogen-bond acceptors (Lipinski definition) is 7. The molecule has 0 aliphatic carbocycles. The van der Waals surface area contributed by atoms with E-state index < -0.39 is 10.8 Å². The number of hydrogen-bond donors (Lipinski definition) is 1. The highest BCUT2D eigenvalue weighted by Crippen LogP contribution is 2.35. The predicted octanol–water partition coefficient (Wildman–Crippen LogP) is 1.56. The summed E-state index contributed by atoms with van der Waals surface area (Å²) in [5, 5.41) is 20.6. The molecule has 9 heteroatoms. The third-order valence-electron chi connectivity index (χ3n) is 6.01. The fraction of sp³-hybridized carbons (Fsp3) is 0.524. The Morgan fingerprint density at radius 1 is 1.13 bits per heavy atom. The first kappa shape index (κ1) is 20.5. The topological polar surface area (TPSA) is 113 Å². The highest BCUT2D eigenvalue weighted by atomic mass is 16.6. The maximum Gasteiger partial charge on any atom is 0.277 e. The third-order valence-corrected chi connectivity index (χ3v) is 6.01. The summed E-state index contributed by atoms with van der Waals surface area (Å²) in [6.45, 7) is 1.97. The molecule has 2 atom stereocenters. The Morgan fingerprint density at radius 2 is 1.90 bits per heavy atom. The van der Waals surface area contributed by atoms with Crippen molar-refractivity contribution in [2.75, 3.05) is 32.8 Å². The number of non-ortho nitro benzene ring substituents is 1. The lowest BCUT2D eigenvalue weighted by Gasteiger charge is -2.34. The van der Waals surface area contributed by atoms with Crippen LogP contribution in [-0.4, -0.2) is 70.6 Å². The van der Waals surface area contributed by atoms with E-state index in [4.69, 9.17) is 4.74 Å². The molecule has 160 valence electrons. The monoisotopic (exact) mass is 415 g/mol. The number of carbonyl (C=O) groups excluding carboxylic acids is 2. The number of amides is 2. The number of ether oxygens (including phenoxy) is 1. The van der Waals surface area contributed by atoms with Crippen molar-refractivity contribution in [3.05, 3.63) is 45.6 Å². The molecule has 0 bridgehead atoms. The Morgan fingerprint density at radius 3 is 2.53 bits per heavy atom. The number of piperidine rings is 1. The summed E-state index contributed by atoms with van der Waals surface area (Å²) in [5.41, 5.74) is 0.999. The lowest BCUT2D eigenvalue weighted by Crippen LogP contribution is -2.42. The van der Waals surface area contributed by atoms with Gasteiger partial charge in [0.2, 0.25) is 0 Å². The van der Waals surface area contributed by atoms with E-state index in [0.29, 0.717) is 31.0 Å². The molecule has 0 saturated carbocycles. The molecule has 2 unspecified atom stereocenters. The molecule has 9 nitrogen and oxygen atoms in total. The largest absolute Gasteiger partial charge is 0.396 e. The Labute approximate surface area is 174 Å². The zero-order valence-corrected chi connectivity index (χ0v) is 16.7. The number of nitro groups is 1. The molecule has 30 heavy (non-hydrogen) atoms. The fourth-order valence-corrected chi connectivity index (χ4v) is 4.44. The zero-order chi connectivity index (χ0) is 21.3. The standard InChI is InChI=1S/C21H25N3O6/c25-13-14-3-1-9-22(11-14)19-18(15-5-7-16(8-6-15)24(28)29)20(26)23(21(19)27)12-17-4-2-10-30-17/h5-8,14,17,25H,1-4,9-13H2. The highest BCUT2D eigenvalue weighted by molar-refractivity contribution is 6.35. The van der Waals surface area contributed by atoms with Gasteiger partial charge in [-0.3, -0.25) is 24.6 Å². The molecule has 0 spiro atoms. The van der Waals surface area contributed by atoms with Gasteiger partial charge in [-0.15, -0.1) is 0 Å². The van der Waals surface area contributed by atoms with Crippen LogP contribution in [0.15, 0.2) is 30.0 Å². The van der Waals surface area contributed by atoms with E-state index in [-0.39, 0.29) is 42.3 Å². The van der Waals surface area contributed by atoms with Crippen molar-refractivity contribution < 1.29 is 24.4 Å². The van der Waals surface area contributed by atoms with E-state index in [1.807, 2.05) is 4.90 Å². The van der Waals surface area contributed by atoms with Crippen LogP contribution in [0, 0.1) is 16.0 Å². The van der Waals surface area contributed by atoms with Crippen molar-refractivity contribution in [1.29, 1.82) is 0 Å². The lowest BCUT2D eigenvalue weighted by atomic mass is 9.97. The summed E-state index contributed by atoms with van der Waals surface area (Å²) in [5.74, 6) is -0.715. The second kappa shape index (κ2) is 8.53. The number of carbonyl (C=O) groups is 2. The molecule has 3 aliphatic rings. The van der Waals surface area contributed by atoms with Gasteiger partial charge >= 0.3 is 0 Å². The minimum atomic E-state index is -0.499. The first-order valence-electron chi connectivity index (χ1n) is 10.3. The summed E-state index contributed by atoms with van der Waals surface area (Å²) in [6.07, 6.45) is 3.22. The number of aliphatic hydroxyl groups is 1. The molecular weight excluding hydrogens is 390 g/mol. The van der Waals surface area contributed by atoms with Crippen molar-refractivity contribution in [3.8, 4) is 0 Å². The SMILES string of the molecule is O=C1C(c2ccc([N+](=O)[O-])cc2)=C(N2CCCC(CO)C2)C(=O)N1CC1CCCO1. The predicted molar refractivity (Wildman–Crippen MR) is 107 cm³/mol. The number of nitrogens with zero attached hydrogens (tertiary/aromatic N) is 3. The van der Waals surface area contributed by atoms with Gasteiger partial charge in [0.05, 0.1) is 23.1 Å². The molecule has 3 aliphatic heterocycles. The minimum absolute atomic E-state index is 0.0262. The number of likely N-dealkylation sites (tertiary alicyclic amines) is 1. The number of rotatable bonds is 6. The van der Waals surface area contributed by atoms with E-state index >= 15 is 0 Å². The zero-order valence-electron chi connectivity index (χ0n) is 16.7. The average molecular weight is 415 g/mol. The van der Waals surface area contributed by atoms with Gasteiger partial charge in [0.25, 0.3) is 17.5 Å². The fourth-order valence-electron chi connectivity index (χ4n) is 4.44. The maximum atomic E-state index is 13.3. The normalized spacial score (nSPS) is 24.8. The second-order valence-electron chi connectivity index (χ2n) is 8.02. The molecular formula is C21H25N3O6. The minimum Gasteiger partial charge on any atom is -0.396 e. The van der Waals surface area contributed by atoms with Crippen LogP contribution in [0.5, 0.6) is 0 Å². The van der Waals surface area contributed by atoms with Crippen molar-refractivity contribution in [2.24, 2.45) is 5.92 Å². The molecule has 2 amide bonds. The van der Waals surface area contributed by atoms with Crippen LogP contribution in [-0.2, 0) is 14.3 Å². The van der Waals surface area contributed by atoms with E-state index in [1.165, 1.54) is 29.2 Å². The van der Waals surface area contributed by atoms with Crippen molar-refractivity contribution >= 4 is 23.1 Å². The first-order valence-corrected chi connectivity index (χ1v) is 10.3. The summed E-state index contributed by atoms with van der Waals surface area (Å²) < 4.78 is 5.62. The van der Waals surface area contributed by atoms with Crippen LogP contribution in [0.3, 0.4) is 0 Å². The smallest absolute Gasteiger partial charge is 0.277 e. The van der Waals surface area contributed by atoms with E-state index in [0.717, 1.165) is 25.7 Å². The molecule has 0 radical (unpaired) electrons. The quantitative estimate of drug-likeness (QED) is 0.426. The number of nitro benzene ring substituents is 1. The number of imide groups is 1. The van der Waals surface area contributed by atoms with E-state index in [1.54, 1.807) is 0 Å². The van der Waals surface area contributed by atoms with Gasteiger partial charge in [-0.25, -0.2) is 0 Å². The van der Waals surface area contributed by atoms with Crippen molar-refractivity contribution in [1.82, 2.24) is 9.80 Å². The Balaban J connectivity index is 1.70. The number of benzene rings is 1. The van der Waals surface area contributed by atoms with Gasteiger partial charge in [0, 0.05) is 38.4 Å². The van der Waals surface area contributed by atoms with Gasteiger partial charge < -0.3 is 14.7 Å². The Kier molecular flexibility index (Phi) is 5.83. The molecule has 2 fully saturated rings. The maximum absolute atomic E-state index is 13.3. The first-order chi connectivity index (χ1) is 14.5. The van der Waals surface area contributed by atoms with Crippen LogP contribution >= 0.6 is 0 Å². The van der Waals surface area contributed by atoms with Gasteiger partial charge in [-0.05, 0) is 49.3 Å². The summed E-state index contributed by atoms with van der Waals surface area (Å²) in [7, 11) is 0. The summed E-state index contributed by atoms with van der Waals surface area (Å²) >= 11 is 0. The Bertz CT molecular complexity index is 875. The van der Waals surface area contributed by atoms with Crippen LogP contribution in [0.1, 0.15) is 31.2 Å². The number of aliphatic hydroxyl groups excluding tert-OH is 1. The van der Waals surface area contributed by atoms with Crippen LogP contribution < -0.4 is 0 Å². The molecule has 2 saturated heterocycles. The molecule has 1 aromatic rings. The third kappa shape index (κ3) is 3.82. The van der Waals surface area contributed by atoms with Crippen LogP contribution in [0.25, 0.3) is 5.57 Å². The van der Waals surface area contributed by atoms with E-state index in [9.17, 15) is 24.8 Å². The van der Waals surface area contributed by atoms with Gasteiger partial charge in [0.1, 0.15) is 5.70 Å². The van der Waals surface area contributed by atoms with Crippen LogP contribution in [0.4, 0.5) is 5.69 Å². The molecule has 1 N–H and O–H groups in total. The molecule has 4 rings (SSSR count). The summed E-state index contributed by atoms with van der Waals surface area (Å²) in [4.78, 5) is 40.3. The van der Waals surface area contributed by atoms with Crippen molar-refractivity contribution in [2.45, 2.75) is 31.8 Å². The highest BCUT2D eigenvalue weighted by Gasteiger charge is 2.43. The van der Waals surface area contributed by atoms with Crippen molar-refractivity contribution in [3.63, 3.8) is 0 Å². The second-order valence-corrected chi connectivity index (χ2v) is 8.02. The molecule has 0 aromatic heterocycles. The van der Waals surface area contributed by atoms with Gasteiger partial charge in [-0.2, -0.15) is 0 Å². The van der Waals surface area contributed by atoms with Crippen LogP contribution in [0.2, 0.25) is 0 Å². The van der Waals surface area contributed by atoms with E-state index in [2.05, 4.69) is 0 Å². The summed E-state index contributed by atoms with van der Waals surface area (Å²) in [6, 6.07) is 5.71. The van der Waals surface area contributed by atoms with Gasteiger partial charge in [-0.1, -0.05) is 0 Å². The molecule has 1 aromatic carbocycles. The Hall–Kier alpha value is -2.78. The van der Waals surface area contributed by atoms with Gasteiger partial charge in [0.15, 0.2) is 0 Å².